The van der Waals surface area contributed by atoms with Gasteiger partial charge in [0.05, 0.1) is 15.2 Å². The van der Waals surface area contributed by atoms with Crippen molar-refractivity contribution in [2.75, 3.05) is 5.73 Å². The second kappa shape index (κ2) is 4.05. The summed E-state index contributed by atoms with van der Waals surface area (Å²) >= 11 is 3.52. The third kappa shape index (κ3) is 1.70. The number of nitrogen functional groups attached to an aromatic ring is 1. The molecule has 0 bridgehead atoms. The number of hydrogen-bond donors (Lipinski definition) is 1. The number of nitrogens with two attached hydrogens (primary N) is 1. The van der Waals surface area contributed by atoms with Gasteiger partial charge in [-0.15, -0.1) is 22.7 Å². The predicted octanol–water partition coefficient (Wildman–Crippen LogP) is 4.40. The molecule has 2 nitrogen and oxygen atoms in total. The van der Waals surface area contributed by atoms with E-state index in [0.29, 0.717) is 0 Å². The van der Waals surface area contributed by atoms with E-state index in [1.54, 1.807) is 22.7 Å². The molecule has 0 unspecified atom stereocenters. The number of fused-ring (bicyclic) bond motifs is 2. The van der Waals surface area contributed by atoms with Crippen molar-refractivity contribution in [3.8, 4) is 10.6 Å². The zero-order valence-corrected chi connectivity index (χ0v) is 12.3. The van der Waals surface area contributed by atoms with Crippen molar-refractivity contribution in [2.24, 2.45) is 0 Å². The first-order chi connectivity index (χ1) is 9.22. The van der Waals surface area contributed by atoms with Gasteiger partial charge in [-0.1, -0.05) is 6.07 Å². The van der Waals surface area contributed by atoms with Crippen molar-refractivity contribution in [1.82, 2.24) is 4.98 Å². The summed E-state index contributed by atoms with van der Waals surface area (Å²) in [6, 6.07) is 6.43. The van der Waals surface area contributed by atoms with Crippen LogP contribution in [0.5, 0.6) is 0 Å². The third-order valence-electron chi connectivity index (χ3n) is 3.71. The van der Waals surface area contributed by atoms with E-state index >= 15 is 0 Å². The highest BCUT2D eigenvalue weighted by atomic mass is 32.1. The lowest BCUT2D eigenvalue weighted by Gasteiger charge is -1.98. The lowest BCUT2D eigenvalue weighted by molar-refractivity contribution is 0.915. The van der Waals surface area contributed by atoms with E-state index in [2.05, 4.69) is 25.1 Å². The van der Waals surface area contributed by atoms with Crippen LogP contribution >= 0.6 is 22.7 Å². The monoisotopic (exact) mass is 286 g/mol. The quantitative estimate of drug-likeness (QED) is 0.720. The molecule has 1 aromatic carbocycles. The fourth-order valence-electron chi connectivity index (χ4n) is 2.80. The summed E-state index contributed by atoms with van der Waals surface area (Å²) in [6.45, 7) is 2.12. The Morgan fingerprint density at radius 2 is 2.11 bits per heavy atom. The van der Waals surface area contributed by atoms with Crippen LogP contribution in [-0.4, -0.2) is 4.98 Å². The number of benzene rings is 1. The molecular formula is C15H14N2S2. The fraction of sp³-hybridized carbons (Fsp3) is 0.267. The van der Waals surface area contributed by atoms with E-state index in [1.807, 2.05) is 0 Å². The maximum atomic E-state index is 6.22. The largest absolute Gasteiger partial charge is 0.390 e. The molecule has 0 radical (unpaired) electrons. The summed E-state index contributed by atoms with van der Waals surface area (Å²) in [4.78, 5) is 6.25. The highest BCUT2D eigenvalue weighted by molar-refractivity contribution is 7.22. The number of rotatable bonds is 1. The highest BCUT2D eigenvalue weighted by Crippen LogP contribution is 2.45. The van der Waals surface area contributed by atoms with E-state index in [0.717, 1.165) is 21.9 Å². The van der Waals surface area contributed by atoms with Crippen LogP contribution in [0.15, 0.2) is 18.2 Å². The molecule has 1 aliphatic rings. The van der Waals surface area contributed by atoms with Gasteiger partial charge in [-0.3, -0.25) is 0 Å². The van der Waals surface area contributed by atoms with Crippen LogP contribution in [0.1, 0.15) is 22.4 Å². The van der Waals surface area contributed by atoms with Crippen molar-refractivity contribution >= 4 is 37.9 Å². The molecular weight excluding hydrogens is 272 g/mol. The number of aryl methyl sites for hydroxylation is 2. The first kappa shape index (κ1) is 11.4. The van der Waals surface area contributed by atoms with Crippen LogP contribution in [-0.2, 0) is 12.8 Å². The minimum absolute atomic E-state index is 0.945. The summed E-state index contributed by atoms with van der Waals surface area (Å²) in [6.07, 6.45) is 3.61. The Morgan fingerprint density at radius 3 is 3.00 bits per heavy atom. The molecule has 3 aromatic rings. The Labute approximate surface area is 119 Å². The minimum Gasteiger partial charge on any atom is -0.390 e. The summed E-state index contributed by atoms with van der Waals surface area (Å²) in [7, 11) is 0. The molecule has 2 aromatic heterocycles. The molecule has 4 heteroatoms. The summed E-state index contributed by atoms with van der Waals surface area (Å²) in [5.41, 5.74) is 11.3. The van der Waals surface area contributed by atoms with Gasteiger partial charge in [-0.2, -0.15) is 0 Å². The molecule has 0 spiro atoms. The second-order valence-corrected chi connectivity index (χ2v) is 7.25. The maximum Gasteiger partial charge on any atom is 0.127 e. The molecule has 0 aliphatic heterocycles. The van der Waals surface area contributed by atoms with Gasteiger partial charge in [-0.05, 0) is 49.4 Å². The Balaban J connectivity index is 1.95. The van der Waals surface area contributed by atoms with Crippen LogP contribution in [0, 0.1) is 6.92 Å². The zero-order valence-electron chi connectivity index (χ0n) is 10.7. The average Bonchev–Trinajstić information content (AvgIpc) is 3.01. The standard InChI is InChI=1S/C15H14N2S2/c1-8-5-6-10-12(7-8)19-15(17-10)13-9-3-2-4-11(9)18-14(13)16/h5-7H,2-4,16H2,1H3. The van der Waals surface area contributed by atoms with Crippen LogP contribution in [0.4, 0.5) is 5.00 Å². The van der Waals surface area contributed by atoms with Crippen molar-refractivity contribution in [1.29, 1.82) is 0 Å². The number of anilines is 1. The molecule has 4 rings (SSSR count). The van der Waals surface area contributed by atoms with Crippen molar-refractivity contribution in [3.05, 3.63) is 34.2 Å². The average molecular weight is 286 g/mol. The lowest BCUT2D eigenvalue weighted by atomic mass is 10.1. The predicted molar refractivity (Wildman–Crippen MR) is 84.1 cm³/mol. The molecule has 0 fully saturated rings. The van der Waals surface area contributed by atoms with Crippen molar-refractivity contribution < 1.29 is 0 Å². The zero-order chi connectivity index (χ0) is 13.0. The van der Waals surface area contributed by atoms with Crippen LogP contribution in [0.2, 0.25) is 0 Å². The molecule has 2 N–H and O–H groups in total. The van der Waals surface area contributed by atoms with Crippen LogP contribution < -0.4 is 5.73 Å². The number of nitrogens with zero attached hydrogens (tertiary/aromatic N) is 1. The number of thiophene rings is 1. The number of aromatic nitrogens is 1. The van der Waals surface area contributed by atoms with Gasteiger partial charge in [-0.25, -0.2) is 4.98 Å². The molecule has 0 saturated carbocycles. The molecule has 96 valence electrons. The summed E-state index contributed by atoms with van der Waals surface area (Å²) in [5, 5.41) is 2.04. The van der Waals surface area contributed by atoms with E-state index in [9.17, 15) is 0 Å². The van der Waals surface area contributed by atoms with E-state index in [4.69, 9.17) is 10.7 Å². The highest BCUT2D eigenvalue weighted by Gasteiger charge is 2.23. The number of thiazole rings is 1. The SMILES string of the molecule is Cc1ccc2nc(-c3c(N)sc4c3CCC4)sc2c1. The molecule has 0 amide bonds. The number of hydrogen-bond acceptors (Lipinski definition) is 4. The summed E-state index contributed by atoms with van der Waals surface area (Å²) < 4.78 is 1.26. The van der Waals surface area contributed by atoms with Gasteiger partial charge in [0, 0.05) is 10.4 Å². The first-order valence-electron chi connectivity index (χ1n) is 6.50. The first-order valence-corrected chi connectivity index (χ1v) is 8.13. The normalized spacial score (nSPS) is 14.2. The van der Waals surface area contributed by atoms with Gasteiger partial charge in [0.1, 0.15) is 5.01 Å². The summed E-state index contributed by atoms with van der Waals surface area (Å²) in [5.74, 6) is 0. The maximum absolute atomic E-state index is 6.22. The van der Waals surface area contributed by atoms with Crippen LogP contribution in [0.3, 0.4) is 0 Å². The molecule has 0 atom stereocenters. The van der Waals surface area contributed by atoms with Crippen molar-refractivity contribution in [2.45, 2.75) is 26.2 Å². The third-order valence-corrected chi connectivity index (χ3v) is 5.86. The Hall–Kier alpha value is -1.39. The van der Waals surface area contributed by atoms with Crippen LogP contribution in [0.25, 0.3) is 20.8 Å². The van der Waals surface area contributed by atoms with E-state index in [1.165, 1.54) is 39.1 Å². The fourth-order valence-corrected chi connectivity index (χ4v) is 5.18. The molecule has 1 aliphatic carbocycles. The molecule has 19 heavy (non-hydrogen) atoms. The smallest absolute Gasteiger partial charge is 0.127 e. The van der Waals surface area contributed by atoms with Crippen molar-refractivity contribution in [3.63, 3.8) is 0 Å². The van der Waals surface area contributed by atoms with Gasteiger partial charge in [0.25, 0.3) is 0 Å². The van der Waals surface area contributed by atoms with Gasteiger partial charge < -0.3 is 5.73 Å². The topological polar surface area (TPSA) is 38.9 Å². The van der Waals surface area contributed by atoms with Gasteiger partial charge in [0.2, 0.25) is 0 Å². The Morgan fingerprint density at radius 1 is 1.21 bits per heavy atom. The van der Waals surface area contributed by atoms with E-state index < -0.39 is 0 Å². The second-order valence-electron chi connectivity index (χ2n) is 5.09. The van der Waals surface area contributed by atoms with Gasteiger partial charge >= 0.3 is 0 Å². The Kier molecular flexibility index (Phi) is 2.44. The molecule has 0 saturated heterocycles. The van der Waals surface area contributed by atoms with E-state index in [-0.39, 0.29) is 0 Å². The minimum atomic E-state index is 0.945. The molecule has 2 heterocycles. The lowest BCUT2D eigenvalue weighted by Crippen LogP contribution is -1.87. The van der Waals surface area contributed by atoms with Gasteiger partial charge in [0.15, 0.2) is 0 Å². The Bertz CT molecular complexity index is 783.